The predicted molar refractivity (Wildman–Crippen MR) is 126 cm³/mol. The second kappa shape index (κ2) is 8.65. The third-order valence-corrected chi connectivity index (χ3v) is 6.30. The Morgan fingerprint density at radius 1 is 0.903 bits per heavy atom. The smallest absolute Gasteiger partial charge is 0.205 e. The fourth-order valence-electron chi connectivity index (χ4n) is 3.72. The molecule has 31 heavy (non-hydrogen) atoms. The SMILES string of the molecule is CCCN(Cc1ccc(-c2ccccc2-c2nn[nH]n2)cc1)c1nc2ccccc2s1. The van der Waals surface area contributed by atoms with Crippen LogP contribution in [-0.4, -0.2) is 32.2 Å². The summed E-state index contributed by atoms with van der Waals surface area (Å²) < 4.78 is 1.23. The van der Waals surface area contributed by atoms with Crippen molar-refractivity contribution in [2.24, 2.45) is 0 Å². The van der Waals surface area contributed by atoms with Gasteiger partial charge in [-0.15, -0.1) is 10.2 Å². The Morgan fingerprint density at radius 2 is 1.68 bits per heavy atom. The minimum atomic E-state index is 0.602. The molecule has 0 saturated carbocycles. The molecule has 6 nitrogen and oxygen atoms in total. The Morgan fingerprint density at radius 3 is 2.42 bits per heavy atom. The molecule has 0 aliphatic heterocycles. The molecule has 5 aromatic rings. The molecule has 2 heterocycles. The summed E-state index contributed by atoms with van der Waals surface area (Å²) in [6.45, 7) is 4.01. The molecule has 1 N–H and O–H groups in total. The number of aromatic amines is 1. The number of anilines is 1. The minimum Gasteiger partial charge on any atom is -0.344 e. The number of tetrazole rings is 1. The molecule has 5 rings (SSSR count). The highest BCUT2D eigenvalue weighted by molar-refractivity contribution is 7.22. The lowest BCUT2D eigenvalue weighted by molar-refractivity contribution is 0.765. The van der Waals surface area contributed by atoms with Crippen molar-refractivity contribution in [1.82, 2.24) is 25.6 Å². The summed E-state index contributed by atoms with van der Waals surface area (Å²) in [4.78, 5) is 7.22. The van der Waals surface area contributed by atoms with Crippen LogP contribution >= 0.6 is 11.3 Å². The normalized spacial score (nSPS) is 11.1. The zero-order valence-corrected chi connectivity index (χ0v) is 18.0. The van der Waals surface area contributed by atoms with Crippen molar-refractivity contribution in [2.45, 2.75) is 19.9 Å². The molecule has 154 valence electrons. The quantitative estimate of drug-likeness (QED) is 0.369. The van der Waals surface area contributed by atoms with E-state index in [9.17, 15) is 0 Å². The van der Waals surface area contributed by atoms with Crippen LogP contribution in [-0.2, 0) is 6.54 Å². The second-order valence-electron chi connectivity index (χ2n) is 7.36. The molecule has 7 heteroatoms. The van der Waals surface area contributed by atoms with Crippen molar-refractivity contribution in [3.05, 3.63) is 78.4 Å². The molecule has 2 aromatic heterocycles. The van der Waals surface area contributed by atoms with Crippen molar-refractivity contribution in [2.75, 3.05) is 11.4 Å². The standard InChI is InChI=1S/C24H22N6S/c1-2-15-30(24-25-21-9-5-6-10-22(21)31-24)16-17-11-13-18(14-12-17)19-7-3-4-8-20(19)23-26-28-29-27-23/h3-14H,2,15-16H2,1H3,(H,26,27,28,29). The van der Waals surface area contributed by atoms with Gasteiger partial charge < -0.3 is 4.90 Å². The van der Waals surface area contributed by atoms with E-state index in [2.05, 4.69) is 81.0 Å². The van der Waals surface area contributed by atoms with E-state index in [0.717, 1.165) is 46.8 Å². The third kappa shape index (κ3) is 4.04. The lowest BCUT2D eigenvalue weighted by Gasteiger charge is -2.21. The zero-order valence-electron chi connectivity index (χ0n) is 17.2. The minimum absolute atomic E-state index is 0.602. The van der Waals surface area contributed by atoms with E-state index in [1.54, 1.807) is 11.3 Å². The highest BCUT2D eigenvalue weighted by Gasteiger charge is 2.14. The lowest BCUT2D eigenvalue weighted by Crippen LogP contribution is -2.23. The van der Waals surface area contributed by atoms with Gasteiger partial charge in [0.1, 0.15) is 0 Å². The van der Waals surface area contributed by atoms with Crippen molar-refractivity contribution in [3.63, 3.8) is 0 Å². The number of para-hydroxylation sites is 1. The maximum atomic E-state index is 4.85. The molecule has 0 radical (unpaired) electrons. The van der Waals surface area contributed by atoms with E-state index in [1.807, 2.05) is 24.3 Å². The third-order valence-electron chi connectivity index (χ3n) is 5.20. The second-order valence-corrected chi connectivity index (χ2v) is 8.37. The molecule has 0 atom stereocenters. The van der Waals surface area contributed by atoms with Gasteiger partial charge >= 0.3 is 0 Å². The summed E-state index contributed by atoms with van der Waals surface area (Å²) in [5.74, 6) is 0.602. The van der Waals surface area contributed by atoms with Crippen LogP contribution in [0.5, 0.6) is 0 Å². The van der Waals surface area contributed by atoms with Gasteiger partial charge in [0.2, 0.25) is 5.82 Å². The van der Waals surface area contributed by atoms with E-state index in [0.29, 0.717) is 5.82 Å². The molecule has 0 unspecified atom stereocenters. The summed E-state index contributed by atoms with van der Waals surface area (Å²) in [6, 6.07) is 25.2. The topological polar surface area (TPSA) is 70.6 Å². The number of benzene rings is 3. The first-order valence-corrected chi connectivity index (χ1v) is 11.2. The monoisotopic (exact) mass is 426 g/mol. The Hall–Kier alpha value is -3.58. The first-order chi connectivity index (χ1) is 15.3. The van der Waals surface area contributed by atoms with Gasteiger partial charge in [0, 0.05) is 18.7 Å². The Balaban J connectivity index is 1.41. The van der Waals surface area contributed by atoms with Crippen LogP contribution in [0.4, 0.5) is 5.13 Å². The number of rotatable bonds is 7. The molecule has 3 aromatic carbocycles. The average molecular weight is 427 g/mol. The van der Waals surface area contributed by atoms with Crippen LogP contribution in [0.3, 0.4) is 0 Å². The van der Waals surface area contributed by atoms with Gasteiger partial charge in [-0.1, -0.05) is 78.9 Å². The molecule has 0 aliphatic rings. The summed E-state index contributed by atoms with van der Waals surface area (Å²) in [5.41, 5.74) is 5.51. The lowest BCUT2D eigenvalue weighted by atomic mass is 9.98. The van der Waals surface area contributed by atoms with Crippen LogP contribution < -0.4 is 4.90 Å². The number of nitrogens with one attached hydrogen (secondary N) is 1. The highest BCUT2D eigenvalue weighted by atomic mass is 32.1. The summed E-state index contributed by atoms with van der Waals surface area (Å²) in [6.07, 6.45) is 1.08. The van der Waals surface area contributed by atoms with E-state index >= 15 is 0 Å². The fraction of sp³-hybridized carbons (Fsp3) is 0.167. The largest absolute Gasteiger partial charge is 0.344 e. The molecular weight excluding hydrogens is 404 g/mol. The number of nitrogens with zero attached hydrogens (tertiary/aromatic N) is 5. The van der Waals surface area contributed by atoms with Gasteiger partial charge in [0.25, 0.3) is 0 Å². The number of fused-ring (bicyclic) bond motifs is 1. The Kier molecular flexibility index (Phi) is 5.41. The van der Waals surface area contributed by atoms with E-state index in [-0.39, 0.29) is 0 Å². The van der Waals surface area contributed by atoms with Gasteiger partial charge in [-0.3, -0.25) is 0 Å². The van der Waals surface area contributed by atoms with Crippen molar-refractivity contribution in [1.29, 1.82) is 0 Å². The maximum absolute atomic E-state index is 4.85. The van der Waals surface area contributed by atoms with Crippen LogP contribution in [0.1, 0.15) is 18.9 Å². The van der Waals surface area contributed by atoms with Crippen LogP contribution in [0.15, 0.2) is 72.8 Å². The van der Waals surface area contributed by atoms with Crippen LogP contribution in [0.25, 0.3) is 32.7 Å². The van der Waals surface area contributed by atoms with E-state index < -0.39 is 0 Å². The number of hydrogen-bond acceptors (Lipinski definition) is 6. The number of thiazole rings is 1. The molecular formula is C24H22N6S. The van der Waals surface area contributed by atoms with Crippen LogP contribution in [0, 0.1) is 0 Å². The van der Waals surface area contributed by atoms with E-state index in [1.165, 1.54) is 10.3 Å². The van der Waals surface area contributed by atoms with Crippen molar-refractivity contribution in [3.8, 4) is 22.5 Å². The summed E-state index contributed by atoms with van der Waals surface area (Å²) in [7, 11) is 0. The fourth-order valence-corrected chi connectivity index (χ4v) is 4.71. The number of H-pyrrole nitrogens is 1. The van der Waals surface area contributed by atoms with Crippen molar-refractivity contribution < 1.29 is 0 Å². The Labute approximate surface area is 184 Å². The molecule has 0 spiro atoms. The van der Waals surface area contributed by atoms with Gasteiger partial charge in [-0.2, -0.15) is 5.21 Å². The highest BCUT2D eigenvalue weighted by Crippen LogP contribution is 2.32. The van der Waals surface area contributed by atoms with Gasteiger partial charge in [0.05, 0.1) is 10.2 Å². The first-order valence-electron chi connectivity index (χ1n) is 10.3. The zero-order chi connectivity index (χ0) is 21.0. The maximum Gasteiger partial charge on any atom is 0.205 e. The molecule has 0 aliphatic carbocycles. The van der Waals surface area contributed by atoms with Gasteiger partial charge in [-0.25, -0.2) is 4.98 Å². The van der Waals surface area contributed by atoms with E-state index in [4.69, 9.17) is 4.98 Å². The van der Waals surface area contributed by atoms with Gasteiger partial charge in [-0.05, 0) is 40.5 Å². The molecule has 0 fully saturated rings. The average Bonchev–Trinajstić information content (AvgIpc) is 3.49. The molecule has 0 saturated heterocycles. The molecule has 0 bridgehead atoms. The summed E-state index contributed by atoms with van der Waals surface area (Å²) >= 11 is 1.76. The Bertz CT molecular complexity index is 1240. The predicted octanol–water partition coefficient (Wildman–Crippen LogP) is 5.56. The number of hydrogen-bond donors (Lipinski definition) is 1. The summed E-state index contributed by atoms with van der Waals surface area (Å²) in [5, 5.41) is 15.6. The molecule has 0 amide bonds. The van der Waals surface area contributed by atoms with Crippen LogP contribution in [0.2, 0.25) is 0 Å². The first kappa shape index (κ1) is 19.4. The van der Waals surface area contributed by atoms with Gasteiger partial charge in [0.15, 0.2) is 5.13 Å². The van der Waals surface area contributed by atoms with Crippen molar-refractivity contribution >= 4 is 26.7 Å². The number of aromatic nitrogens is 5.